The van der Waals surface area contributed by atoms with Crippen molar-refractivity contribution in [2.75, 3.05) is 7.11 Å². The fourth-order valence-corrected chi connectivity index (χ4v) is 4.24. The second kappa shape index (κ2) is 7.92. The van der Waals surface area contributed by atoms with Crippen molar-refractivity contribution in [3.05, 3.63) is 67.8 Å². The summed E-state index contributed by atoms with van der Waals surface area (Å²) in [5, 5.41) is 9.01. The maximum atomic E-state index is 5.41. The molecule has 0 aliphatic heterocycles. The smallest absolute Gasteiger partial charge is 0.122 e. The Bertz CT molecular complexity index is 767. The number of ether oxygens (including phenoxy) is 1. The van der Waals surface area contributed by atoms with Crippen LogP contribution in [0.5, 0.6) is 5.75 Å². The number of thiophene rings is 1. The molecule has 3 aromatic rings. The molecule has 0 aliphatic rings. The molecular weight excluding hydrogens is 336 g/mol. The molecule has 1 N–H and O–H groups in total. The van der Waals surface area contributed by atoms with Crippen molar-refractivity contribution in [2.45, 2.75) is 32.9 Å². The van der Waals surface area contributed by atoms with Gasteiger partial charge in [0, 0.05) is 29.4 Å². The first-order valence-corrected chi connectivity index (χ1v) is 9.72. The summed E-state index contributed by atoms with van der Waals surface area (Å²) in [6, 6.07) is 8.87. The third-order valence-corrected chi connectivity index (χ3v) is 5.92. The standard InChI is InChI=1S/C19H22N2OS2/c1-13-10-18(22-3)14(2)9-15(13)12-21-17(19-20-6-8-24-19)11-16-5-4-7-23-16/h4-10,17,21H,11-12H2,1-3H3/t17-/m1/s1. The molecule has 0 radical (unpaired) electrons. The Balaban J connectivity index is 1.75. The van der Waals surface area contributed by atoms with Crippen LogP contribution in [0.4, 0.5) is 0 Å². The molecule has 0 unspecified atom stereocenters. The topological polar surface area (TPSA) is 34.1 Å². The average molecular weight is 359 g/mol. The van der Waals surface area contributed by atoms with Crippen molar-refractivity contribution in [3.8, 4) is 5.75 Å². The SMILES string of the molecule is COc1cc(C)c(CN[C@H](Cc2cccs2)c2nccs2)cc1C. The summed E-state index contributed by atoms with van der Waals surface area (Å²) in [4.78, 5) is 5.90. The Morgan fingerprint density at radius 2 is 2.04 bits per heavy atom. The number of hydrogen-bond acceptors (Lipinski definition) is 5. The Labute approximate surface area is 151 Å². The van der Waals surface area contributed by atoms with Gasteiger partial charge >= 0.3 is 0 Å². The van der Waals surface area contributed by atoms with Crippen LogP contribution in [0.15, 0.2) is 41.2 Å². The molecule has 3 rings (SSSR count). The number of aryl methyl sites for hydroxylation is 2. The molecule has 1 atom stereocenters. The molecule has 0 spiro atoms. The summed E-state index contributed by atoms with van der Waals surface area (Å²) in [6.07, 6.45) is 2.85. The molecule has 0 saturated heterocycles. The van der Waals surface area contributed by atoms with Crippen molar-refractivity contribution in [1.82, 2.24) is 10.3 Å². The second-order valence-electron chi connectivity index (χ2n) is 5.84. The highest BCUT2D eigenvalue weighted by molar-refractivity contribution is 7.10. The van der Waals surface area contributed by atoms with E-state index in [1.54, 1.807) is 29.8 Å². The van der Waals surface area contributed by atoms with Gasteiger partial charge < -0.3 is 10.1 Å². The Kier molecular flexibility index (Phi) is 5.66. The van der Waals surface area contributed by atoms with Crippen LogP contribution in [-0.2, 0) is 13.0 Å². The molecule has 3 nitrogen and oxygen atoms in total. The Hall–Kier alpha value is -1.69. The van der Waals surface area contributed by atoms with Crippen LogP contribution in [0.3, 0.4) is 0 Å². The van der Waals surface area contributed by atoms with E-state index in [1.807, 2.05) is 11.6 Å². The summed E-state index contributed by atoms with van der Waals surface area (Å²) < 4.78 is 5.41. The monoisotopic (exact) mass is 358 g/mol. The Morgan fingerprint density at radius 1 is 1.17 bits per heavy atom. The van der Waals surface area contributed by atoms with Gasteiger partial charge in [-0.2, -0.15) is 0 Å². The first-order chi connectivity index (χ1) is 11.7. The third kappa shape index (κ3) is 4.04. The molecule has 2 heterocycles. The summed E-state index contributed by atoms with van der Waals surface area (Å²) in [5.74, 6) is 0.950. The third-order valence-electron chi connectivity index (χ3n) is 4.13. The lowest BCUT2D eigenvalue weighted by Gasteiger charge is -2.18. The van der Waals surface area contributed by atoms with E-state index < -0.39 is 0 Å². The van der Waals surface area contributed by atoms with Gasteiger partial charge in [0.05, 0.1) is 13.2 Å². The zero-order valence-corrected chi connectivity index (χ0v) is 15.8. The van der Waals surface area contributed by atoms with Gasteiger partial charge in [-0.15, -0.1) is 22.7 Å². The highest BCUT2D eigenvalue weighted by Crippen LogP contribution is 2.26. The number of methoxy groups -OCH3 is 1. The molecule has 0 bridgehead atoms. The fraction of sp³-hybridized carbons (Fsp3) is 0.316. The first-order valence-electron chi connectivity index (χ1n) is 7.96. The summed E-state index contributed by atoms with van der Waals surface area (Å²) in [5.41, 5.74) is 3.73. The largest absolute Gasteiger partial charge is 0.496 e. The minimum atomic E-state index is 0.241. The fourth-order valence-electron chi connectivity index (χ4n) is 2.78. The predicted octanol–water partition coefficient (Wildman–Crippen LogP) is 4.90. The van der Waals surface area contributed by atoms with Crippen LogP contribution in [0.1, 0.15) is 32.6 Å². The lowest BCUT2D eigenvalue weighted by atomic mass is 10.0. The van der Waals surface area contributed by atoms with E-state index in [1.165, 1.54) is 21.6 Å². The van der Waals surface area contributed by atoms with Gasteiger partial charge in [0.1, 0.15) is 10.8 Å². The van der Waals surface area contributed by atoms with E-state index in [0.29, 0.717) is 0 Å². The van der Waals surface area contributed by atoms with Crippen LogP contribution < -0.4 is 10.1 Å². The lowest BCUT2D eigenvalue weighted by molar-refractivity contribution is 0.411. The van der Waals surface area contributed by atoms with Crippen molar-refractivity contribution in [2.24, 2.45) is 0 Å². The molecule has 1 aromatic carbocycles. The van der Waals surface area contributed by atoms with E-state index in [2.05, 4.69) is 53.8 Å². The summed E-state index contributed by atoms with van der Waals surface area (Å²) in [6.45, 7) is 5.05. The summed E-state index contributed by atoms with van der Waals surface area (Å²) >= 11 is 3.51. The van der Waals surface area contributed by atoms with Gasteiger partial charge in [-0.3, -0.25) is 0 Å². The molecule has 0 aliphatic carbocycles. The maximum Gasteiger partial charge on any atom is 0.122 e. The van der Waals surface area contributed by atoms with Gasteiger partial charge in [0.2, 0.25) is 0 Å². The maximum absolute atomic E-state index is 5.41. The second-order valence-corrected chi connectivity index (χ2v) is 7.79. The van der Waals surface area contributed by atoms with Gasteiger partial charge in [0.25, 0.3) is 0 Å². The number of aromatic nitrogens is 1. The van der Waals surface area contributed by atoms with Crippen LogP contribution in [0.2, 0.25) is 0 Å². The van der Waals surface area contributed by atoms with Crippen molar-refractivity contribution in [1.29, 1.82) is 0 Å². The zero-order valence-electron chi connectivity index (χ0n) is 14.2. The molecule has 126 valence electrons. The van der Waals surface area contributed by atoms with Gasteiger partial charge in [0.15, 0.2) is 0 Å². The molecular formula is C19H22N2OS2. The number of rotatable bonds is 7. The van der Waals surface area contributed by atoms with E-state index in [0.717, 1.165) is 23.7 Å². The Morgan fingerprint density at radius 3 is 2.71 bits per heavy atom. The van der Waals surface area contributed by atoms with Crippen LogP contribution in [0.25, 0.3) is 0 Å². The van der Waals surface area contributed by atoms with Crippen molar-refractivity contribution < 1.29 is 4.74 Å². The van der Waals surface area contributed by atoms with Crippen LogP contribution in [0, 0.1) is 13.8 Å². The van der Waals surface area contributed by atoms with Gasteiger partial charge in [-0.05, 0) is 48.1 Å². The lowest BCUT2D eigenvalue weighted by Crippen LogP contribution is -2.23. The van der Waals surface area contributed by atoms with Crippen LogP contribution in [-0.4, -0.2) is 12.1 Å². The number of nitrogens with zero attached hydrogens (tertiary/aromatic N) is 1. The number of nitrogens with one attached hydrogen (secondary N) is 1. The number of benzene rings is 1. The summed E-state index contributed by atoms with van der Waals surface area (Å²) in [7, 11) is 1.72. The molecule has 2 aromatic heterocycles. The highest BCUT2D eigenvalue weighted by atomic mass is 32.1. The molecule has 0 fully saturated rings. The first kappa shape index (κ1) is 17.1. The minimum absolute atomic E-state index is 0.241. The number of hydrogen-bond donors (Lipinski definition) is 1. The van der Waals surface area contributed by atoms with E-state index in [-0.39, 0.29) is 6.04 Å². The normalized spacial score (nSPS) is 12.3. The van der Waals surface area contributed by atoms with E-state index in [4.69, 9.17) is 4.74 Å². The zero-order chi connectivity index (χ0) is 16.9. The van der Waals surface area contributed by atoms with E-state index in [9.17, 15) is 0 Å². The molecule has 5 heteroatoms. The average Bonchev–Trinajstić information content (AvgIpc) is 3.27. The number of thiazole rings is 1. The van der Waals surface area contributed by atoms with Crippen molar-refractivity contribution >= 4 is 22.7 Å². The van der Waals surface area contributed by atoms with E-state index >= 15 is 0 Å². The highest BCUT2D eigenvalue weighted by Gasteiger charge is 2.16. The van der Waals surface area contributed by atoms with Crippen LogP contribution >= 0.6 is 22.7 Å². The molecule has 0 amide bonds. The predicted molar refractivity (Wildman–Crippen MR) is 102 cm³/mol. The molecule has 0 saturated carbocycles. The quantitative estimate of drug-likeness (QED) is 0.652. The van der Waals surface area contributed by atoms with Gasteiger partial charge in [-0.25, -0.2) is 4.98 Å². The van der Waals surface area contributed by atoms with Crippen molar-refractivity contribution in [3.63, 3.8) is 0 Å². The minimum Gasteiger partial charge on any atom is -0.496 e. The molecule has 24 heavy (non-hydrogen) atoms. The van der Waals surface area contributed by atoms with Gasteiger partial charge in [-0.1, -0.05) is 12.1 Å².